The fourth-order valence-corrected chi connectivity index (χ4v) is 3.60. The smallest absolute Gasteiger partial charge is 0.416 e. The Labute approximate surface area is 144 Å². The molecule has 134 valence electrons. The van der Waals surface area contributed by atoms with Crippen molar-refractivity contribution in [2.24, 2.45) is 0 Å². The minimum absolute atomic E-state index is 0.0624. The normalized spacial score (nSPS) is 11.8. The maximum atomic E-state index is 12.9. The van der Waals surface area contributed by atoms with E-state index in [1.165, 1.54) is 43.5 Å². The molecule has 2 rings (SSSR count). The van der Waals surface area contributed by atoms with Crippen molar-refractivity contribution < 1.29 is 26.3 Å². The van der Waals surface area contributed by atoms with Gasteiger partial charge in [-0.25, -0.2) is 8.42 Å². The van der Waals surface area contributed by atoms with Crippen LogP contribution in [0.3, 0.4) is 0 Å². The highest BCUT2D eigenvalue weighted by Crippen LogP contribution is 2.33. The van der Waals surface area contributed by atoms with Crippen LogP contribution in [-0.4, -0.2) is 22.1 Å². The molecule has 2 aromatic rings. The van der Waals surface area contributed by atoms with Gasteiger partial charge in [-0.05, 0) is 42.5 Å². The van der Waals surface area contributed by atoms with Crippen molar-refractivity contribution in [3.63, 3.8) is 0 Å². The average Bonchev–Trinajstić information content (AvgIpc) is 2.59. The lowest BCUT2D eigenvalue weighted by Gasteiger charge is -2.24. The number of methoxy groups -OCH3 is 1. The molecule has 0 aliphatic rings. The largest absolute Gasteiger partial charge is 0.497 e. The maximum Gasteiger partial charge on any atom is 0.416 e. The lowest BCUT2D eigenvalue weighted by atomic mass is 10.2. The van der Waals surface area contributed by atoms with Crippen LogP contribution in [-0.2, 0) is 16.2 Å². The molecule has 0 heterocycles. The van der Waals surface area contributed by atoms with Crippen LogP contribution in [0.5, 0.6) is 5.75 Å². The molecular formula is C17H16F3NO3S. The zero-order valence-electron chi connectivity index (χ0n) is 13.3. The molecule has 25 heavy (non-hydrogen) atoms. The van der Waals surface area contributed by atoms with Crippen molar-refractivity contribution in [3.05, 3.63) is 66.7 Å². The summed E-state index contributed by atoms with van der Waals surface area (Å²) in [7, 11) is -2.62. The number of hydrogen-bond donors (Lipinski definition) is 0. The topological polar surface area (TPSA) is 46.6 Å². The Kier molecular flexibility index (Phi) is 5.42. The fraction of sp³-hybridized carbons (Fsp3) is 0.176. The summed E-state index contributed by atoms with van der Waals surface area (Å²) < 4.78 is 70.3. The second-order valence-electron chi connectivity index (χ2n) is 5.05. The Morgan fingerprint density at radius 3 is 2.32 bits per heavy atom. The van der Waals surface area contributed by atoms with E-state index in [0.717, 1.165) is 22.5 Å². The quantitative estimate of drug-likeness (QED) is 0.719. The molecule has 0 radical (unpaired) electrons. The molecule has 0 saturated carbocycles. The first-order valence-corrected chi connectivity index (χ1v) is 8.59. The molecule has 0 aliphatic carbocycles. The van der Waals surface area contributed by atoms with Crippen molar-refractivity contribution >= 4 is 15.7 Å². The molecule has 4 nitrogen and oxygen atoms in total. The Bertz CT molecular complexity index is 846. The Balaban J connectivity index is 2.51. The fourth-order valence-electron chi connectivity index (χ4n) is 2.17. The second-order valence-corrected chi connectivity index (χ2v) is 6.91. The summed E-state index contributed by atoms with van der Waals surface area (Å²) in [6, 6.07) is 9.74. The molecule has 0 unspecified atom stereocenters. The molecule has 0 saturated heterocycles. The molecule has 0 spiro atoms. The van der Waals surface area contributed by atoms with Gasteiger partial charge < -0.3 is 4.74 Å². The van der Waals surface area contributed by atoms with E-state index in [0.29, 0.717) is 5.75 Å². The summed E-state index contributed by atoms with van der Waals surface area (Å²) in [5.74, 6) is 0.466. The van der Waals surface area contributed by atoms with Gasteiger partial charge in [0.25, 0.3) is 10.0 Å². The zero-order chi connectivity index (χ0) is 18.7. The van der Waals surface area contributed by atoms with E-state index >= 15 is 0 Å². The summed E-state index contributed by atoms with van der Waals surface area (Å²) in [5, 5.41) is 0. The molecule has 0 aromatic heterocycles. The molecule has 0 amide bonds. The number of sulfonamides is 1. The third-order valence-electron chi connectivity index (χ3n) is 3.40. The number of rotatable bonds is 6. The Morgan fingerprint density at radius 2 is 1.80 bits per heavy atom. The van der Waals surface area contributed by atoms with Crippen molar-refractivity contribution in [1.82, 2.24) is 0 Å². The average molecular weight is 371 g/mol. The maximum absolute atomic E-state index is 12.9. The van der Waals surface area contributed by atoms with Gasteiger partial charge in [-0.15, -0.1) is 6.58 Å². The van der Waals surface area contributed by atoms with E-state index in [2.05, 4.69) is 6.58 Å². The van der Waals surface area contributed by atoms with Gasteiger partial charge in [0.1, 0.15) is 5.75 Å². The van der Waals surface area contributed by atoms with E-state index in [1.54, 1.807) is 0 Å². The third kappa shape index (κ3) is 4.14. The van der Waals surface area contributed by atoms with Crippen molar-refractivity contribution in [2.45, 2.75) is 11.1 Å². The van der Waals surface area contributed by atoms with Gasteiger partial charge in [0.15, 0.2) is 0 Å². The van der Waals surface area contributed by atoms with E-state index in [4.69, 9.17) is 4.74 Å². The van der Waals surface area contributed by atoms with E-state index in [1.807, 2.05) is 0 Å². The molecule has 8 heteroatoms. The molecule has 0 N–H and O–H groups in total. The highest BCUT2D eigenvalue weighted by molar-refractivity contribution is 7.92. The lowest BCUT2D eigenvalue weighted by Crippen LogP contribution is -2.31. The Hall–Kier alpha value is -2.48. The van der Waals surface area contributed by atoms with Crippen molar-refractivity contribution in [2.75, 3.05) is 18.0 Å². The predicted octanol–water partition coefficient (Wildman–Crippen LogP) is 4.10. The molecule has 0 aliphatic heterocycles. The van der Waals surface area contributed by atoms with Crippen LogP contribution in [0.1, 0.15) is 5.56 Å². The van der Waals surface area contributed by atoms with Crippen LogP contribution < -0.4 is 9.04 Å². The molecule has 0 fully saturated rings. The van der Waals surface area contributed by atoms with Gasteiger partial charge in [-0.2, -0.15) is 13.2 Å². The van der Waals surface area contributed by atoms with Gasteiger partial charge in [-0.3, -0.25) is 4.31 Å². The second kappa shape index (κ2) is 7.18. The predicted molar refractivity (Wildman–Crippen MR) is 89.2 cm³/mol. The molecule has 2 aromatic carbocycles. The highest BCUT2D eigenvalue weighted by Gasteiger charge is 2.32. The van der Waals surface area contributed by atoms with Gasteiger partial charge in [-0.1, -0.05) is 12.1 Å². The highest BCUT2D eigenvalue weighted by atomic mass is 32.2. The lowest BCUT2D eigenvalue weighted by molar-refractivity contribution is -0.137. The summed E-state index contributed by atoms with van der Waals surface area (Å²) >= 11 is 0. The monoisotopic (exact) mass is 371 g/mol. The van der Waals surface area contributed by atoms with Crippen LogP contribution in [0.2, 0.25) is 0 Å². The summed E-state index contributed by atoms with van der Waals surface area (Å²) in [5.41, 5.74) is -1.02. The van der Waals surface area contributed by atoms with Crippen LogP contribution in [0.4, 0.5) is 18.9 Å². The first-order chi connectivity index (χ1) is 11.7. The summed E-state index contributed by atoms with van der Waals surface area (Å²) in [6.07, 6.45) is -3.26. The number of ether oxygens (including phenoxy) is 1. The van der Waals surface area contributed by atoms with Gasteiger partial charge in [0.2, 0.25) is 0 Å². The van der Waals surface area contributed by atoms with Gasteiger partial charge in [0, 0.05) is 0 Å². The molecule has 0 bridgehead atoms. The summed E-state index contributed by atoms with van der Waals surface area (Å²) in [6.45, 7) is 3.31. The summed E-state index contributed by atoms with van der Waals surface area (Å²) in [4.78, 5) is -0.0624. The minimum Gasteiger partial charge on any atom is -0.497 e. The van der Waals surface area contributed by atoms with Crippen LogP contribution >= 0.6 is 0 Å². The number of halogens is 3. The minimum atomic E-state index is -4.57. The van der Waals surface area contributed by atoms with Crippen LogP contribution in [0.15, 0.2) is 66.1 Å². The van der Waals surface area contributed by atoms with Gasteiger partial charge >= 0.3 is 6.18 Å². The van der Waals surface area contributed by atoms with E-state index in [-0.39, 0.29) is 17.1 Å². The number of anilines is 1. The van der Waals surface area contributed by atoms with Crippen LogP contribution in [0, 0.1) is 0 Å². The third-order valence-corrected chi connectivity index (χ3v) is 5.21. The number of alkyl halides is 3. The number of hydrogen-bond acceptors (Lipinski definition) is 3. The van der Waals surface area contributed by atoms with E-state index < -0.39 is 21.8 Å². The SMILES string of the molecule is C=CCN(c1cccc(C(F)(F)F)c1)S(=O)(=O)c1ccc(OC)cc1. The van der Waals surface area contributed by atoms with E-state index in [9.17, 15) is 21.6 Å². The van der Waals surface area contributed by atoms with Gasteiger partial charge in [0.05, 0.1) is 29.8 Å². The zero-order valence-corrected chi connectivity index (χ0v) is 14.1. The molecule has 0 atom stereocenters. The number of nitrogens with zero attached hydrogens (tertiary/aromatic N) is 1. The molecular weight excluding hydrogens is 355 g/mol. The first-order valence-electron chi connectivity index (χ1n) is 7.15. The number of benzene rings is 2. The Morgan fingerprint density at radius 1 is 1.16 bits per heavy atom. The van der Waals surface area contributed by atoms with Crippen LogP contribution in [0.25, 0.3) is 0 Å². The van der Waals surface area contributed by atoms with Crippen molar-refractivity contribution in [1.29, 1.82) is 0 Å². The first kappa shape index (κ1) is 18.9. The standard InChI is InChI=1S/C17H16F3NO3S/c1-3-11-21(14-6-4-5-13(12-14)17(18,19)20)25(22,23)16-9-7-15(24-2)8-10-16/h3-10,12H,1,11H2,2H3. The van der Waals surface area contributed by atoms with Crippen molar-refractivity contribution in [3.8, 4) is 5.75 Å².